The van der Waals surface area contributed by atoms with Crippen LogP contribution in [0.1, 0.15) is 26.3 Å². The van der Waals surface area contributed by atoms with Crippen molar-refractivity contribution in [2.24, 2.45) is 11.0 Å². The van der Waals surface area contributed by atoms with Gasteiger partial charge in [0.1, 0.15) is 11.7 Å². The third-order valence-corrected chi connectivity index (χ3v) is 4.52. The van der Waals surface area contributed by atoms with Crippen molar-refractivity contribution in [2.75, 3.05) is 18.5 Å². The maximum Gasteiger partial charge on any atom is 0.252 e. The van der Waals surface area contributed by atoms with Gasteiger partial charge < -0.3 is 14.8 Å². The number of rotatable bonds is 9. The van der Waals surface area contributed by atoms with Crippen LogP contribution < -0.4 is 20.2 Å². The third-order valence-electron chi connectivity index (χ3n) is 3.93. The van der Waals surface area contributed by atoms with Crippen molar-refractivity contribution in [2.45, 2.75) is 20.8 Å². The summed E-state index contributed by atoms with van der Waals surface area (Å²) in [5, 5.41) is 6.27. The second-order valence-corrected chi connectivity index (χ2v) is 6.98. The molecule has 0 bridgehead atoms. The van der Waals surface area contributed by atoms with Crippen LogP contribution in [0, 0.1) is 11.7 Å². The van der Waals surface area contributed by atoms with Crippen molar-refractivity contribution >= 4 is 39.6 Å². The summed E-state index contributed by atoms with van der Waals surface area (Å²) in [5.41, 5.74) is 2.97. The fraction of sp³-hybridized carbons (Fsp3) is 0.286. The molecule has 0 radical (unpaired) electrons. The van der Waals surface area contributed by atoms with E-state index in [1.54, 1.807) is 18.2 Å². The predicted octanol–water partition coefficient (Wildman–Crippen LogP) is 4.11. The van der Waals surface area contributed by atoms with Crippen LogP contribution in [0.4, 0.5) is 10.1 Å². The SMILES string of the molecule is CCOc1cc(C=NNC(=O)C(C)C(=O)Nc2ccccc2F)cc(Br)c1OCC. The molecule has 0 saturated heterocycles. The number of para-hydroxylation sites is 1. The molecule has 0 aromatic heterocycles. The van der Waals surface area contributed by atoms with Gasteiger partial charge in [0, 0.05) is 0 Å². The van der Waals surface area contributed by atoms with Gasteiger partial charge in [0.25, 0.3) is 5.91 Å². The highest BCUT2D eigenvalue weighted by atomic mass is 79.9. The van der Waals surface area contributed by atoms with Gasteiger partial charge in [-0.25, -0.2) is 9.82 Å². The van der Waals surface area contributed by atoms with Crippen molar-refractivity contribution in [1.29, 1.82) is 0 Å². The Kier molecular flexibility index (Phi) is 8.79. The maximum atomic E-state index is 13.6. The van der Waals surface area contributed by atoms with Gasteiger partial charge in [0.2, 0.25) is 5.91 Å². The van der Waals surface area contributed by atoms with E-state index in [-0.39, 0.29) is 5.69 Å². The highest BCUT2D eigenvalue weighted by molar-refractivity contribution is 9.10. The highest BCUT2D eigenvalue weighted by Gasteiger charge is 2.22. The number of halogens is 2. The molecule has 1 unspecified atom stereocenters. The number of amides is 2. The summed E-state index contributed by atoms with van der Waals surface area (Å²) < 4.78 is 25.5. The van der Waals surface area contributed by atoms with Gasteiger partial charge >= 0.3 is 0 Å². The molecular weight excluding hydrogens is 457 g/mol. The summed E-state index contributed by atoms with van der Waals surface area (Å²) in [5.74, 6) is -1.81. The minimum absolute atomic E-state index is 0.00772. The van der Waals surface area contributed by atoms with E-state index in [9.17, 15) is 14.0 Å². The Morgan fingerprint density at radius 3 is 2.53 bits per heavy atom. The first-order valence-electron chi connectivity index (χ1n) is 9.34. The zero-order valence-electron chi connectivity index (χ0n) is 16.9. The quantitative estimate of drug-likeness (QED) is 0.321. The minimum atomic E-state index is -1.08. The van der Waals surface area contributed by atoms with Crippen molar-refractivity contribution in [3.8, 4) is 11.5 Å². The van der Waals surface area contributed by atoms with Crippen molar-refractivity contribution < 1.29 is 23.5 Å². The number of benzene rings is 2. The first kappa shape index (κ1) is 23.3. The smallest absolute Gasteiger partial charge is 0.252 e. The summed E-state index contributed by atoms with van der Waals surface area (Å²) in [6.07, 6.45) is 1.42. The Labute approximate surface area is 182 Å². The van der Waals surface area contributed by atoms with Crippen molar-refractivity contribution in [1.82, 2.24) is 5.43 Å². The monoisotopic (exact) mass is 479 g/mol. The maximum absolute atomic E-state index is 13.6. The fourth-order valence-corrected chi connectivity index (χ4v) is 2.97. The van der Waals surface area contributed by atoms with Gasteiger partial charge in [0.05, 0.1) is 29.6 Å². The van der Waals surface area contributed by atoms with Gasteiger partial charge in [-0.15, -0.1) is 0 Å². The first-order chi connectivity index (χ1) is 14.4. The van der Waals surface area contributed by atoms with E-state index in [0.717, 1.165) is 0 Å². The van der Waals surface area contributed by atoms with Gasteiger partial charge in [-0.3, -0.25) is 9.59 Å². The Hall–Kier alpha value is -2.94. The molecule has 0 aliphatic carbocycles. The summed E-state index contributed by atoms with van der Waals surface area (Å²) in [6.45, 7) is 6.07. The van der Waals surface area contributed by atoms with Crippen LogP contribution in [0.2, 0.25) is 0 Å². The first-order valence-corrected chi connectivity index (χ1v) is 10.1. The molecule has 0 aliphatic rings. The van der Waals surface area contributed by atoms with Gasteiger partial charge in [-0.2, -0.15) is 5.10 Å². The Morgan fingerprint density at radius 1 is 1.17 bits per heavy atom. The van der Waals surface area contributed by atoms with Crippen LogP contribution in [0.15, 0.2) is 46.0 Å². The lowest BCUT2D eigenvalue weighted by Crippen LogP contribution is -2.34. The second kappa shape index (κ2) is 11.3. The highest BCUT2D eigenvalue weighted by Crippen LogP contribution is 2.36. The normalized spacial score (nSPS) is 11.8. The van der Waals surface area contributed by atoms with Crippen LogP contribution in [0.3, 0.4) is 0 Å². The van der Waals surface area contributed by atoms with E-state index in [1.165, 1.54) is 31.3 Å². The van der Waals surface area contributed by atoms with E-state index in [4.69, 9.17) is 9.47 Å². The lowest BCUT2D eigenvalue weighted by Gasteiger charge is -2.13. The number of hydrazone groups is 1. The Bertz CT molecular complexity index is 936. The molecule has 2 N–H and O–H groups in total. The summed E-state index contributed by atoms with van der Waals surface area (Å²) >= 11 is 3.43. The topological polar surface area (TPSA) is 89.0 Å². The molecule has 0 saturated carbocycles. The number of hydrogen-bond acceptors (Lipinski definition) is 5. The van der Waals surface area contributed by atoms with Crippen molar-refractivity contribution in [3.63, 3.8) is 0 Å². The van der Waals surface area contributed by atoms with E-state index >= 15 is 0 Å². The predicted molar refractivity (Wildman–Crippen MR) is 116 cm³/mol. The molecule has 160 valence electrons. The fourth-order valence-electron chi connectivity index (χ4n) is 2.40. The number of carbonyl (C=O) groups excluding carboxylic acids is 2. The molecule has 9 heteroatoms. The van der Waals surface area contributed by atoms with Crippen LogP contribution in [-0.2, 0) is 9.59 Å². The summed E-state index contributed by atoms with van der Waals surface area (Å²) in [6, 6.07) is 9.21. The molecule has 0 spiro atoms. The molecule has 2 amide bonds. The zero-order valence-corrected chi connectivity index (χ0v) is 18.5. The lowest BCUT2D eigenvalue weighted by molar-refractivity contribution is -0.131. The third kappa shape index (κ3) is 6.28. The van der Waals surface area contributed by atoms with E-state index < -0.39 is 23.5 Å². The number of ether oxygens (including phenoxy) is 2. The molecule has 2 aromatic carbocycles. The second-order valence-electron chi connectivity index (χ2n) is 6.12. The number of hydrogen-bond donors (Lipinski definition) is 2. The van der Waals surface area contributed by atoms with Crippen LogP contribution in [0.5, 0.6) is 11.5 Å². The van der Waals surface area contributed by atoms with Crippen LogP contribution in [0.25, 0.3) is 0 Å². The van der Waals surface area contributed by atoms with E-state index in [0.29, 0.717) is 34.7 Å². The summed E-state index contributed by atoms with van der Waals surface area (Å²) in [7, 11) is 0. The van der Waals surface area contributed by atoms with Gasteiger partial charge in [0.15, 0.2) is 11.5 Å². The molecule has 1 atom stereocenters. The Morgan fingerprint density at radius 2 is 1.87 bits per heavy atom. The molecule has 2 rings (SSSR count). The Balaban J connectivity index is 2.02. The van der Waals surface area contributed by atoms with Crippen molar-refractivity contribution in [3.05, 3.63) is 52.3 Å². The summed E-state index contributed by atoms with van der Waals surface area (Å²) in [4.78, 5) is 24.4. The molecule has 0 heterocycles. The zero-order chi connectivity index (χ0) is 22.1. The average Bonchev–Trinajstić information content (AvgIpc) is 2.71. The van der Waals surface area contributed by atoms with Gasteiger partial charge in [-0.05, 0) is 66.5 Å². The van der Waals surface area contributed by atoms with E-state index in [1.807, 2.05) is 13.8 Å². The van der Waals surface area contributed by atoms with E-state index in [2.05, 4.69) is 31.8 Å². The largest absolute Gasteiger partial charge is 0.490 e. The number of anilines is 1. The minimum Gasteiger partial charge on any atom is -0.490 e. The molecule has 0 fully saturated rings. The molecule has 2 aromatic rings. The number of nitrogens with one attached hydrogen (secondary N) is 2. The molecule has 7 nitrogen and oxygen atoms in total. The standard InChI is InChI=1S/C21H23BrFN3O4/c1-4-29-18-11-14(10-15(22)19(18)30-5-2)12-24-26-21(28)13(3)20(27)25-17-9-7-6-8-16(17)23/h6-13H,4-5H2,1-3H3,(H,25,27)(H,26,28). The van der Waals surface area contributed by atoms with Gasteiger partial charge in [-0.1, -0.05) is 12.1 Å². The molecule has 0 aliphatic heterocycles. The lowest BCUT2D eigenvalue weighted by atomic mass is 10.1. The average molecular weight is 480 g/mol. The number of carbonyl (C=O) groups is 2. The molecular formula is C21H23BrFN3O4. The number of nitrogens with zero attached hydrogens (tertiary/aromatic N) is 1. The van der Waals surface area contributed by atoms with Crippen LogP contribution in [-0.4, -0.2) is 31.2 Å². The van der Waals surface area contributed by atoms with Crippen LogP contribution >= 0.6 is 15.9 Å². The molecule has 30 heavy (non-hydrogen) atoms.